The molecule has 5 unspecified atom stereocenters. The van der Waals surface area contributed by atoms with Gasteiger partial charge in [0.25, 0.3) is 0 Å². The van der Waals surface area contributed by atoms with Crippen LogP contribution in [-0.4, -0.2) is 108 Å². The van der Waals surface area contributed by atoms with Gasteiger partial charge in [-0.1, -0.05) is 164 Å². The monoisotopic (exact) mass is 1040 g/mol. The number of carbonyl (C=O) groups excluding carboxylic acids is 2. The van der Waals surface area contributed by atoms with Gasteiger partial charge in [0.15, 0.2) is 6.10 Å². The van der Waals surface area contributed by atoms with Crippen LogP contribution >= 0.6 is 23.5 Å². The molecule has 0 spiro atoms. The Morgan fingerprint density at radius 1 is 0.464 bits per heavy atom. The number of aliphatic hydroxyl groups is 3. The molecular weight excluding hydrogens is 961 g/mol. The molecule has 0 aromatic heterocycles. The van der Waals surface area contributed by atoms with Crippen LogP contribution in [0.3, 0.4) is 0 Å². The molecule has 1 aliphatic carbocycles. The van der Waals surface area contributed by atoms with Crippen LogP contribution in [0.5, 0.6) is 0 Å². The van der Waals surface area contributed by atoms with Crippen LogP contribution in [0.4, 0.5) is 0 Å². The van der Waals surface area contributed by atoms with E-state index >= 15 is 0 Å². The first-order valence-corrected chi connectivity index (χ1v) is 29.1. The van der Waals surface area contributed by atoms with E-state index in [-0.39, 0.29) is 12.8 Å². The quantitative estimate of drug-likeness (QED) is 0.0122. The van der Waals surface area contributed by atoms with Gasteiger partial charge in [0, 0.05) is 12.8 Å². The molecule has 1 saturated carbocycles. The molecule has 0 radical (unpaired) electrons. The van der Waals surface area contributed by atoms with Crippen molar-refractivity contribution >= 4 is 35.4 Å². The molecule has 0 bridgehead atoms. The molecule has 0 heterocycles. The van der Waals surface area contributed by atoms with E-state index in [9.17, 15) is 63.1 Å². The highest BCUT2D eigenvalue weighted by Crippen LogP contribution is 2.51. The zero-order valence-electron chi connectivity index (χ0n) is 40.6. The minimum Gasteiger partial charge on any atom is -0.462 e. The van der Waals surface area contributed by atoms with Crippen molar-refractivity contribution in [3.63, 3.8) is 0 Å². The molecule has 1 fully saturated rings. The molecule has 8 N–H and O–H groups in total. The van der Waals surface area contributed by atoms with Gasteiger partial charge in [0.05, 0.1) is 6.61 Å². The fourth-order valence-electron chi connectivity index (χ4n) is 7.15. The Balaban J connectivity index is 2.76. The van der Waals surface area contributed by atoms with Crippen molar-refractivity contribution in [2.75, 3.05) is 13.2 Å². The Hall–Kier alpha value is -2.15. The number of hydrogen-bond donors (Lipinski definition) is 8. The Morgan fingerprint density at radius 2 is 0.870 bits per heavy atom. The maximum absolute atomic E-state index is 13.1. The molecule has 8 atom stereocenters. The van der Waals surface area contributed by atoms with Gasteiger partial charge in [0.2, 0.25) is 0 Å². The van der Waals surface area contributed by atoms with E-state index in [1.165, 1.54) is 64.2 Å². The van der Waals surface area contributed by atoms with Crippen molar-refractivity contribution in [3.05, 3.63) is 60.8 Å². The second-order valence-electron chi connectivity index (χ2n) is 17.0. The van der Waals surface area contributed by atoms with Crippen LogP contribution in [0.15, 0.2) is 60.8 Å². The minimum absolute atomic E-state index is 0.0170. The van der Waals surface area contributed by atoms with E-state index < -0.39 is 91.3 Å². The number of phosphoric ester groups is 3. The third-order valence-electron chi connectivity index (χ3n) is 10.8. The fourth-order valence-corrected chi connectivity index (χ4v) is 9.25. The molecule has 22 heteroatoms. The Morgan fingerprint density at radius 3 is 1.35 bits per heavy atom. The molecule has 1 rings (SSSR count). The zero-order chi connectivity index (χ0) is 51.4. The molecule has 69 heavy (non-hydrogen) atoms. The highest BCUT2D eigenvalue weighted by atomic mass is 31.2. The van der Waals surface area contributed by atoms with Crippen molar-refractivity contribution in [2.24, 2.45) is 0 Å². The second kappa shape index (κ2) is 38.5. The summed E-state index contributed by atoms with van der Waals surface area (Å²) in [5.41, 5.74) is 0. The number of hydrogen-bond acceptors (Lipinski definition) is 14. The number of aliphatic hydroxyl groups excluding tert-OH is 3. The molecular formula is C47H83O19P3. The predicted molar refractivity (Wildman–Crippen MR) is 261 cm³/mol. The maximum atomic E-state index is 13.1. The highest BCUT2D eigenvalue weighted by molar-refractivity contribution is 7.47. The first-order valence-electron chi connectivity index (χ1n) is 24.6. The maximum Gasteiger partial charge on any atom is 0.472 e. The summed E-state index contributed by atoms with van der Waals surface area (Å²) in [6, 6.07) is 0. The predicted octanol–water partition coefficient (Wildman–Crippen LogP) is 9.18. The van der Waals surface area contributed by atoms with Crippen LogP contribution in [-0.2, 0) is 50.9 Å². The number of carbonyl (C=O) groups is 2. The highest BCUT2D eigenvalue weighted by Gasteiger charge is 2.56. The lowest BCUT2D eigenvalue weighted by Crippen LogP contribution is -2.65. The minimum atomic E-state index is -5.61. The molecule has 0 aromatic rings. The van der Waals surface area contributed by atoms with Crippen molar-refractivity contribution < 1.29 is 90.6 Å². The normalized spacial score (nSPS) is 21.8. The number of unbranched alkanes of at least 4 members (excludes halogenated alkanes) is 15. The first kappa shape index (κ1) is 64.9. The number of ether oxygens (including phenoxy) is 2. The number of esters is 2. The average Bonchev–Trinajstić information content (AvgIpc) is 3.28. The Labute approximate surface area is 409 Å². The van der Waals surface area contributed by atoms with Crippen molar-refractivity contribution in [3.8, 4) is 0 Å². The van der Waals surface area contributed by atoms with Crippen LogP contribution in [0.25, 0.3) is 0 Å². The van der Waals surface area contributed by atoms with E-state index in [0.29, 0.717) is 19.3 Å². The third-order valence-corrected chi connectivity index (χ3v) is 12.9. The van der Waals surface area contributed by atoms with E-state index in [1.54, 1.807) is 6.08 Å². The van der Waals surface area contributed by atoms with Crippen molar-refractivity contribution in [1.29, 1.82) is 0 Å². The van der Waals surface area contributed by atoms with Crippen LogP contribution < -0.4 is 0 Å². The molecule has 19 nitrogen and oxygen atoms in total. The zero-order valence-corrected chi connectivity index (χ0v) is 43.3. The largest absolute Gasteiger partial charge is 0.472 e. The third kappa shape index (κ3) is 34.8. The lowest BCUT2D eigenvalue weighted by molar-refractivity contribution is -0.213. The summed E-state index contributed by atoms with van der Waals surface area (Å²) in [5, 5.41) is 31.9. The van der Waals surface area contributed by atoms with Gasteiger partial charge < -0.3 is 49.3 Å². The van der Waals surface area contributed by atoms with E-state index in [0.717, 1.165) is 57.8 Å². The summed E-state index contributed by atoms with van der Waals surface area (Å²) >= 11 is 0. The number of allylic oxidation sites excluding steroid dienone is 10. The van der Waals surface area contributed by atoms with Gasteiger partial charge in [-0.15, -0.1) is 0 Å². The standard InChI is InChI=1S/C47H83O19P3/c1-3-5-7-9-11-13-15-17-18-19-20-21-22-24-25-27-29-31-33-35-40(48)61-37-39(63-41(49)36-34-32-30-28-26-23-16-14-12-10-8-6-4-2)38-62-69(59,60)66-45-42(50)43(51)46(64-67(53,54)55)47(44(45)52)65-68(56,57)58/h11,13,17-18,20-21,24-25,29,31,39,42-47,50-52H,3-10,12,14-16,19,22-23,26-28,30,32-38H2,1-2H3,(H,59,60)(H2,53,54,55)(H2,56,57,58)/t39-,42?,43?,44?,45+,46?,47+/m1/s1. The lowest BCUT2D eigenvalue weighted by atomic mass is 9.85. The van der Waals surface area contributed by atoms with Gasteiger partial charge >= 0.3 is 35.4 Å². The molecule has 400 valence electrons. The SMILES string of the molecule is CCCCCC=CCC=CCC=CCC=CCC=CCCC(=O)OC[C@H](COP(=O)(O)O[C@H]1C(O)C(O)C(OP(=O)(O)O)[C@@H](OP(=O)(O)O)C1O)OC(=O)CCCCCCCCCCCCCCC. The van der Waals surface area contributed by atoms with Crippen molar-refractivity contribution in [1.82, 2.24) is 0 Å². The van der Waals surface area contributed by atoms with Gasteiger partial charge in [-0.05, 0) is 51.4 Å². The first-order chi connectivity index (χ1) is 32.8. The smallest absolute Gasteiger partial charge is 0.462 e. The van der Waals surface area contributed by atoms with E-state index in [2.05, 4.69) is 59.4 Å². The average molecular weight is 1050 g/mol. The van der Waals surface area contributed by atoms with Gasteiger partial charge in [-0.2, -0.15) is 0 Å². The summed E-state index contributed by atoms with van der Waals surface area (Å²) in [5.74, 6) is -1.39. The second-order valence-corrected chi connectivity index (χ2v) is 20.8. The Bertz CT molecular complexity index is 1670. The van der Waals surface area contributed by atoms with Crippen molar-refractivity contribution in [2.45, 2.75) is 211 Å². The molecule has 0 saturated heterocycles. The summed E-state index contributed by atoms with van der Waals surface area (Å²) in [7, 11) is -16.6. The molecule has 0 amide bonds. The summed E-state index contributed by atoms with van der Waals surface area (Å²) in [4.78, 5) is 73.2. The molecule has 1 aliphatic rings. The molecule has 0 aliphatic heterocycles. The summed E-state index contributed by atoms with van der Waals surface area (Å²) < 4.78 is 65.4. The van der Waals surface area contributed by atoms with E-state index in [4.69, 9.17) is 18.5 Å². The number of rotatable bonds is 41. The molecule has 0 aromatic carbocycles. The lowest BCUT2D eigenvalue weighted by Gasteiger charge is -2.44. The van der Waals surface area contributed by atoms with Crippen LogP contribution in [0.2, 0.25) is 0 Å². The van der Waals surface area contributed by atoms with Gasteiger partial charge in [-0.3, -0.25) is 27.7 Å². The van der Waals surface area contributed by atoms with E-state index in [1.807, 2.05) is 18.2 Å². The topological polar surface area (TPSA) is 303 Å². The summed E-state index contributed by atoms with van der Waals surface area (Å²) in [6.07, 6.45) is 26.8. The summed E-state index contributed by atoms with van der Waals surface area (Å²) in [6.45, 7) is 2.85. The fraction of sp³-hybridized carbons (Fsp3) is 0.745. The van der Waals surface area contributed by atoms with Gasteiger partial charge in [0.1, 0.15) is 43.2 Å². The number of phosphoric acid groups is 3. The Kier molecular flexibility index (Phi) is 36.2. The van der Waals surface area contributed by atoms with Crippen LogP contribution in [0, 0.1) is 0 Å². The van der Waals surface area contributed by atoms with Gasteiger partial charge in [-0.25, -0.2) is 13.7 Å². The van der Waals surface area contributed by atoms with Crippen LogP contribution in [0.1, 0.15) is 168 Å².